The summed E-state index contributed by atoms with van der Waals surface area (Å²) < 4.78 is 39.0. The van der Waals surface area contributed by atoms with Crippen LogP contribution in [-0.4, -0.2) is 55.5 Å². The SMILES string of the molecule is Cc1cc(F)ccc1N1C(=O)CN(S(C)(=O)=O)CC1(C)C(=O)NC1CCCCC1. The molecule has 29 heavy (non-hydrogen) atoms. The third-order valence-corrected chi connectivity index (χ3v) is 7.03. The van der Waals surface area contributed by atoms with Crippen molar-refractivity contribution >= 4 is 27.5 Å². The largest absolute Gasteiger partial charge is 0.351 e. The highest BCUT2D eigenvalue weighted by Crippen LogP contribution is 2.33. The van der Waals surface area contributed by atoms with Crippen molar-refractivity contribution in [3.8, 4) is 0 Å². The lowest BCUT2D eigenvalue weighted by atomic mass is 9.91. The normalized spacial score (nSPS) is 24.6. The van der Waals surface area contributed by atoms with Crippen molar-refractivity contribution in [2.75, 3.05) is 24.2 Å². The van der Waals surface area contributed by atoms with E-state index in [4.69, 9.17) is 0 Å². The van der Waals surface area contributed by atoms with E-state index in [-0.39, 0.29) is 19.1 Å². The zero-order valence-corrected chi connectivity index (χ0v) is 17.9. The zero-order chi connectivity index (χ0) is 21.4. The summed E-state index contributed by atoms with van der Waals surface area (Å²) in [5.41, 5.74) is -0.535. The molecule has 1 saturated carbocycles. The molecule has 2 amide bonds. The molecule has 1 aromatic carbocycles. The van der Waals surface area contributed by atoms with Crippen LogP contribution in [0.3, 0.4) is 0 Å². The number of halogens is 1. The predicted octanol–water partition coefficient (Wildman–Crippen LogP) is 1.95. The summed E-state index contributed by atoms with van der Waals surface area (Å²) in [5, 5.41) is 3.02. The molecule has 9 heteroatoms. The summed E-state index contributed by atoms with van der Waals surface area (Å²) in [4.78, 5) is 27.7. The Labute approximate surface area is 171 Å². The summed E-state index contributed by atoms with van der Waals surface area (Å²) in [6.07, 6.45) is 5.93. The third-order valence-electron chi connectivity index (χ3n) is 5.84. The molecule has 1 aliphatic carbocycles. The van der Waals surface area contributed by atoms with Gasteiger partial charge in [-0.3, -0.25) is 14.5 Å². The van der Waals surface area contributed by atoms with Crippen LogP contribution in [0.4, 0.5) is 10.1 Å². The number of hydrogen-bond donors (Lipinski definition) is 1. The van der Waals surface area contributed by atoms with E-state index in [1.165, 1.54) is 23.1 Å². The number of nitrogens with one attached hydrogen (secondary N) is 1. The minimum Gasteiger partial charge on any atom is -0.351 e. The number of carbonyl (C=O) groups is 2. The van der Waals surface area contributed by atoms with E-state index >= 15 is 0 Å². The van der Waals surface area contributed by atoms with Crippen molar-refractivity contribution in [3.05, 3.63) is 29.6 Å². The first kappa shape index (κ1) is 21.7. The maximum Gasteiger partial charge on any atom is 0.247 e. The van der Waals surface area contributed by atoms with E-state index in [0.717, 1.165) is 42.7 Å². The number of aryl methyl sites for hydroxylation is 1. The number of anilines is 1. The van der Waals surface area contributed by atoms with Crippen molar-refractivity contribution in [2.24, 2.45) is 0 Å². The topological polar surface area (TPSA) is 86.8 Å². The molecule has 7 nitrogen and oxygen atoms in total. The van der Waals surface area contributed by atoms with Gasteiger partial charge in [-0.2, -0.15) is 4.31 Å². The van der Waals surface area contributed by atoms with Gasteiger partial charge in [0.25, 0.3) is 0 Å². The van der Waals surface area contributed by atoms with Gasteiger partial charge in [-0.1, -0.05) is 19.3 Å². The van der Waals surface area contributed by atoms with E-state index in [1.807, 2.05) is 0 Å². The second kappa shape index (κ2) is 8.02. The fourth-order valence-electron chi connectivity index (χ4n) is 4.23. The Balaban J connectivity index is 2.01. The summed E-state index contributed by atoms with van der Waals surface area (Å²) in [6.45, 7) is 2.71. The second-order valence-electron chi connectivity index (χ2n) is 8.27. The van der Waals surface area contributed by atoms with Crippen LogP contribution in [0, 0.1) is 12.7 Å². The van der Waals surface area contributed by atoms with Crippen LogP contribution in [0.2, 0.25) is 0 Å². The quantitative estimate of drug-likeness (QED) is 0.799. The molecule has 1 aliphatic heterocycles. The van der Waals surface area contributed by atoms with Crippen LogP contribution in [0.5, 0.6) is 0 Å². The molecule has 1 N–H and O–H groups in total. The first-order valence-corrected chi connectivity index (χ1v) is 11.7. The molecule has 0 aromatic heterocycles. The Kier molecular flexibility index (Phi) is 6.01. The lowest BCUT2D eigenvalue weighted by Gasteiger charge is -2.47. The Hall–Kier alpha value is -2.00. The summed E-state index contributed by atoms with van der Waals surface area (Å²) in [6, 6.07) is 4.00. The number of carbonyl (C=O) groups excluding carboxylic acids is 2. The second-order valence-corrected chi connectivity index (χ2v) is 10.3. The van der Waals surface area contributed by atoms with E-state index in [2.05, 4.69) is 5.32 Å². The molecule has 3 rings (SSSR count). The van der Waals surface area contributed by atoms with Gasteiger partial charge < -0.3 is 5.32 Å². The average molecular weight is 426 g/mol. The van der Waals surface area contributed by atoms with Gasteiger partial charge in [-0.15, -0.1) is 0 Å². The van der Waals surface area contributed by atoms with Gasteiger partial charge >= 0.3 is 0 Å². The van der Waals surface area contributed by atoms with E-state index < -0.39 is 33.2 Å². The number of benzene rings is 1. The lowest BCUT2D eigenvalue weighted by molar-refractivity contribution is -0.133. The van der Waals surface area contributed by atoms with Gasteiger partial charge in [0.15, 0.2) is 0 Å². The van der Waals surface area contributed by atoms with Gasteiger partial charge in [-0.25, -0.2) is 12.8 Å². The van der Waals surface area contributed by atoms with Crippen LogP contribution in [0.15, 0.2) is 18.2 Å². The standard InChI is InChI=1S/C20H28FN3O4S/c1-14-11-15(21)9-10-17(14)24-18(25)12-23(29(3,27)28)13-20(24,2)19(26)22-16-7-5-4-6-8-16/h9-11,16H,4-8,12-13H2,1-3H3,(H,22,26). The smallest absolute Gasteiger partial charge is 0.247 e. The highest BCUT2D eigenvalue weighted by molar-refractivity contribution is 7.88. The van der Waals surface area contributed by atoms with Gasteiger partial charge in [0, 0.05) is 18.3 Å². The van der Waals surface area contributed by atoms with Crippen molar-refractivity contribution in [1.82, 2.24) is 9.62 Å². The summed E-state index contributed by atoms with van der Waals surface area (Å²) in [7, 11) is -3.67. The van der Waals surface area contributed by atoms with Crippen LogP contribution < -0.4 is 10.2 Å². The molecular formula is C20H28FN3O4S. The summed E-state index contributed by atoms with van der Waals surface area (Å²) in [5.74, 6) is -1.35. The van der Waals surface area contributed by atoms with Gasteiger partial charge in [0.1, 0.15) is 11.4 Å². The van der Waals surface area contributed by atoms with E-state index in [0.29, 0.717) is 11.3 Å². The molecular weight excluding hydrogens is 397 g/mol. The maximum atomic E-state index is 13.6. The van der Waals surface area contributed by atoms with Crippen LogP contribution in [0.25, 0.3) is 0 Å². The fraction of sp³-hybridized carbons (Fsp3) is 0.600. The fourth-order valence-corrected chi connectivity index (χ4v) is 5.06. The van der Waals surface area contributed by atoms with Gasteiger partial charge in [0.05, 0.1) is 12.8 Å². The molecule has 0 spiro atoms. The molecule has 160 valence electrons. The third kappa shape index (κ3) is 4.45. The number of amides is 2. The van der Waals surface area contributed by atoms with Crippen LogP contribution in [-0.2, 0) is 19.6 Å². The lowest BCUT2D eigenvalue weighted by Crippen LogP contribution is -2.70. The van der Waals surface area contributed by atoms with Crippen LogP contribution in [0.1, 0.15) is 44.6 Å². The van der Waals surface area contributed by atoms with Gasteiger partial charge in [0.2, 0.25) is 21.8 Å². The molecule has 1 aromatic rings. The Morgan fingerprint density at radius 2 is 1.90 bits per heavy atom. The Morgan fingerprint density at radius 1 is 1.24 bits per heavy atom. The Bertz CT molecular complexity index is 914. The van der Waals surface area contributed by atoms with Gasteiger partial charge in [-0.05, 0) is 50.5 Å². The number of nitrogens with zero attached hydrogens (tertiary/aromatic N) is 2. The minimum absolute atomic E-state index is 0.00736. The monoisotopic (exact) mass is 425 g/mol. The molecule has 2 aliphatic rings. The van der Waals surface area contributed by atoms with Crippen molar-refractivity contribution in [2.45, 2.75) is 57.5 Å². The van der Waals surface area contributed by atoms with E-state index in [9.17, 15) is 22.4 Å². The Morgan fingerprint density at radius 3 is 2.48 bits per heavy atom. The average Bonchev–Trinajstić information content (AvgIpc) is 2.63. The molecule has 2 fully saturated rings. The minimum atomic E-state index is -3.67. The predicted molar refractivity (Wildman–Crippen MR) is 108 cm³/mol. The first-order valence-electron chi connectivity index (χ1n) is 9.87. The zero-order valence-electron chi connectivity index (χ0n) is 17.1. The summed E-state index contributed by atoms with van der Waals surface area (Å²) >= 11 is 0. The van der Waals surface area contributed by atoms with Crippen molar-refractivity contribution in [1.29, 1.82) is 0 Å². The number of rotatable bonds is 4. The number of hydrogen-bond acceptors (Lipinski definition) is 4. The molecule has 1 atom stereocenters. The maximum absolute atomic E-state index is 13.6. The molecule has 1 saturated heterocycles. The first-order chi connectivity index (χ1) is 13.5. The number of sulfonamides is 1. The van der Waals surface area contributed by atoms with Crippen LogP contribution >= 0.6 is 0 Å². The molecule has 0 bridgehead atoms. The highest BCUT2D eigenvalue weighted by atomic mass is 32.2. The van der Waals surface area contributed by atoms with Crippen molar-refractivity contribution < 1.29 is 22.4 Å². The van der Waals surface area contributed by atoms with E-state index in [1.54, 1.807) is 13.8 Å². The molecule has 1 unspecified atom stereocenters. The molecule has 0 radical (unpaired) electrons. The highest BCUT2D eigenvalue weighted by Gasteiger charge is 2.51. The van der Waals surface area contributed by atoms with Crippen molar-refractivity contribution in [3.63, 3.8) is 0 Å². The molecule has 1 heterocycles. The number of piperazine rings is 1.